The minimum absolute atomic E-state index is 0.0822. The third-order valence-electron chi connectivity index (χ3n) is 5.09. The van der Waals surface area contributed by atoms with Gasteiger partial charge in [-0.1, -0.05) is 0 Å². The van der Waals surface area contributed by atoms with Crippen LogP contribution in [0.2, 0.25) is 0 Å². The summed E-state index contributed by atoms with van der Waals surface area (Å²) in [7, 11) is 0. The van der Waals surface area contributed by atoms with Crippen LogP contribution in [0.5, 0.6) is 0 Å². The summed E-state index contributed by atoms with van der Waals surface area (Å²) in [6.45, 7) is 3.96. The lowest BCUT2D eigenvalue weighted by molar-refractivity contribution is -0.138. The lowest BCUT2D eigenvalue weighted by atomic mass is 9.97. The first-order valence-electron chi connectivity index (χ1n) is 8.69. The number of nitrogens with zero attached hydrogens (tertiary/aromatic N) is 4. The number of hydrogen-bond acceptors (Lipinski definition) is 3. The van der Waals surface area contributed by atoms with Crippen molar-refractivity contribution >= 4 is 11.8 Å². The Balaban J connectivity index is 1.60. The smallest absolute Gasteiger partial charge is 0.224 e. The maximum absolute atomic E-state index is 12.7. The van der Waals surface area contributed by atoms with Crippen LogP contribution in [-0.4, -0.2) is 57.1 Å². The van der Waals surface area contributed by atoms with E-state index in [1.165, 1.54) is 0 Å². The molecule has 1 aromatic heterocycles. The number of hydrogen-bond donors (Lipinski definition) is 0. The van der Waals surface area contributed by atoms with E-state index >= 15 is 0 Å². The second-order valence-corrected chi connectivity index (χ2v) is 6.69. The third kappa shape index (κ3) is 3.74. The number of carbonyl (C=O) groups excluding carboxylic acids is 2. The van der Waals surface area contributed by atoms with Gasteiger partial charge in [-0.2, -0.15) is 5.10 Å². The molecule has 3 heterocycles. The molecule has 2 amide bonds. The van der Waals surface area contributed by atoms with E-state index in [0.717, 1.165) is 51.7 Å². The SMILES string of the molecule is CC(=O)N1CCCC[C@H]1CC(=O)N1CCC[C@@H](n2cccn2)C1. The number of piperidine rings is 2. The summed E-state index contributed by atoms with van der Waals surface area (Å²) in [5.41, 5.74) is 0. The molecule has 2 aliphatic rings. The molecular formula is C17H26N4O2. The van der Waals surface area contributed by atoms with Gasteiger partial charge in [-0.05, 0) is 38.2 Å². The van der Waals surface area contributed by atoms with Crippen LogP contribution in [0.3, 0.4) is 0 Å². The molecule has 2 aliphatic heterocycles. The normalized spacial score (nSPS) is 25.4. The Morgan fingerprint density at radius 1 is 1.17 bits per heavy atom. The standard InChI is InChI=1S/C17H26N4O2/c1-14(22)20-10-3-2-6-15(20)12-17(23)19-9-4-7-16(13-19)21-11-5-8-18-21/h5,8,11,15-16H,2-4,6-7,9-10,12-13H2,1H3/t15-,16+/m0/s1. The molecule has 0 radical (unpaired) electrons. The van der Waals surface area contributed by atoms with E-state index in [2.05, 4.69) is 5.10 Å². The molecule has 0 saturated carbocycles. The van der Waals surface area contributed by atoms with Crippen LogP contribution in [0.4, 0.5) is 0 Å². The minimum Gasteiger partial charge on any atom is -0.340 e. The Hall–Kier alpha value is -1.85. The minimum atomic E-state index is 0.0822. The molecule has 0 N–H and O–H groups in total. The fraction of sp³-hybridized carbons (Fsp3) is 0.706. The highest BCUT2D eigenvalue weighted by molar-refractivity contribution is 5.79. The molecule has 2 atom stereocenters. The molecule has 3 rings (SSSR count). The fourth-order valence-corrected chi connectivity index (χ4v) is 3.85. The van der Waals surface area contributed by atoms with E-state index in [-0.39, 0.29) is 23.9 Å². The van der Waals surface area contributed by atoms with Crippen molar-refractivity contribution in [1.29, 1.82) is 0 Å². The Bertz CT molecular complexity index is 543. The highest BCUT2D eigenvalue weighted by Gasteiger charge is 2.30. The zero-order valence-corrected chi connectivity index (χ0v) is 13.9. The Morgan fingerprint density at radius 3 is 2.78 bits per heavy atom. The maximum atomic E-state index is 12.7. The van der Waals surface area contributed by atoms with Gasteiger partial charge >= 0.3 is 0 Å². The monoisotopic (exact) mass is 318 g/mol. The van der Waals surface area contributed by atoms with Gasteiger partial charge in [0.05, 0.1) is 6.04 Å². The van der Waals surface area contributed by atoms with E-state index in [9.17, 15) is 9.59 Å². The number of aromatic nitrogens is 2. The Kier molecular flexibility index (Phi) is 4.98. The van der Waals surface area contributed by atoms with Crippen molar-refractivity contribution in [3.63, 3.8) is 0 Å². The van der Waals surface area contributed by atoms with Crippen molar-refractivity contribution in [2.75, 3.05) is 19.6 Å². The number of rotatable bonds is 3. The topological polar surface area (TPSA) is 58.4 Å². The van der Waals surface area contributed by atoms with E-state index < -0.39 is 0 Å². The van der Waals surface area contributed by atoms with Crippen molar-refractivity contribution in [2.24, 2.45) is 0 Å². The van der Waals surface area contributed by atoms with E-state index in [1.54, 1.807) is 13.1 Å². The van der Waals surface area contributed by atoms with Crippen LogP contribution in [0.1, 0.15) is 51.5 Å². The lowest BCUT2D eigenvalue weighted by Gasteiger charge is -2.38. The van der Waals surface area contributed by atoms with E-state index in [1.807, 2.05) is 26.7 Å². The molecule has 126 valence electrons. The quantitative estimate of drug-likeness (QED) is 0.854. The Morgan fingerprint density at radius 2 is 2.04 bits per heavy atom. The van der Waals surface area contributed by atoms with Crippen molar-refractivity contribution < 1.29 is 9.59 Å². The predicted molar refractivity (Wildman–Crippen MR) is 86.7 cm³/mol. The van der Waals surface area contributed by atoms with Gasteiger partial charge in [0.15, 0.2) is 0 Å². The van der Waals surface area contributed by atoms with Crippen molar-refractivity contribution in [1.82, 2.24) is 19.6 Å². The van der Waals surface area contributed by atoms with Gasteiger partial charge in [-0.25, -0.2) is 0 Å². The van der Waals surface area contributed by atoms with E-state index in [0.29, 0.717) is 6.42 Å². The molecule has 0 aromatic carbocycles. The van der Waals surface area contributed by atoms with E-state index in [4.69, 9.17) is 0 Å². The molecule has 2 fully saturated rings. The average Bonchev–Trinajstić information content (AvgIpc) is 3.10. The molecule has 6 nitrogen and oxygen atoms in total. The number of likely N-dealkylation sites (tertiary alicyclic amines) is 2. The molecule has 2 saturated heterocycles. The molecule has 0 bridgehead atoms. The van der Waals surface area contributed by atoms with Gasteiger partial charge in [0, 0.05) is 51.4 Å². The van der Waals surface area contributed by atoms with Gasteiger partial charge in [0.1, 0.15) is 0 Å². The molecule has 0 unspecified atom stereocenters. The Labute approximate surface area is 137 Å². The van der Waals surface area contributed by atoms with Crippen LogP contribution < -0.4 is 0 Å². The van der Waals surface area contributed by atoms with Crippen LogP contribution in [0.25, 0.3) is 0 Å². The summed E-state index contributed by atoms with van der Waals surface area (Å²) < 4.78 is 1.96. The van der Waals surface area contributed by atoms with Gasteiger partial charge in [0.25, 0.3) is 0 Å². The molecule has 1 aromatic rings. The second-order valence-electron chi connectivity index (χ2n) is 6.69. The summed E-state index contributed by atoms with van der Waals surface area (Å²) >= 11 is 0. The average molecular weight is 318 g/mol. The zero-order valence-electron chi connectivity index (χ0n) is 13.9. The highest BCUT2D eigenvalue weighted by Crippen LogP contribution is 2.24. The second kappa shape index (κ2) is 7.15. The maximum Gasteiger partial charge on any atom is 0.224 e. The first-order valence-corrected chi connectivity index (χ1v) is 8.69. The van der Waals surface area contributed by atoms with Crippen molar-refractivity contribution in [3.05, 3.63) is 18.5 Å². The largest absolute Gasteiger partial charge is 0.340 e. The van der Waals surface area contributed by atoms with Crippen LogP contribution in [-0.2, 0) is 9.59 Å². The summed E-state index contributed by atoms with van der Waals surface area (Å²) in [4.78, 5) is 28.3. The molecule has 23 heavy (non-hydrogen) atoms. The van der Waals surface area contributed by atoms with Crippen LogP contribution in [0.15, 0.2) is 18.5 Å². The summed E-state index contributed by atoms with van der Waals surface area (Å²) in [5, 5.41) is 4.31. The first kappa shape index (κ1) is 16.0. The van der Waals surface area contributed by atoms with Crippen LogP contribution in [0, 0.1) is 0 Å². The van der Waals surface area contributed by atoms with Crippen molar-refractivity contribution in [3.8, 4) is 0 Å². The first-order chi connectivity index (χ1) is 11.1. The van der Waals surface area contributed by atoms with Gasteiger partial charge in [-0.3, -0.25) is 14.3 Å². The molecule has 0 aliphatic carbocycles. The predicted octanol–water partition coefficient (Wildman–Crippen LogP) is 1.84. The third-order valence-corrected chi connectivity index (χ3v) is 5.09. The highest BCUT2D eigenvalue weighted by atomic mass is 16.2. The molecular weight excluding hydrogens is 292 g/mol. The van der Waals surface area contributed by atoms with Gasteiger partial charge in [0.2, 0.25) is 11.8 Å². The lowest BCUT2D eigenvalue weighted by Crippen LogP contribution is -2.47. The number of carbonyl (C=O) groups is 2. The van der Waals surface area contributed by atoms with Gasteiger partial charge in [-0.15, -0.1) is 0 Å². The van der Waals surface area contributed by atoms with Crippen molar-refractivity contribution in [2.45, 2.75) is 57.5 Å². The van der Waals surface area contributed by atoms with Gasteiger partial charge < -0.3 is 9.80 Å². The van der Waals surface area contributed by atoms with Crippen LogP contribution >= 0.6 is 0 Å². The fourth-order valence-electron chi connectivity index (χ4n) is 3.85. The number of amides is 2. The summed E-state index contributed by atoms with van der Waals surface area (Å²) in [5.74, 6) is 0.274. The molecule has 0 spiro atoms. The summed E-state index contributed by atoms with van der Waals surface area (Å²) in [6.07, 6.45) is 9.40. The summed E-state index contributed by atoms with van der Waals surface area (Å²) in [6, 6.07) is 2.28. The molecule has 6 heteroatoms. The zero-order chi connectivity index (χ0) is 16.2.